The smallest absolute Gasteiger partial charge is 0.274 e. The molecule has 0 amide bonds. The lowest BCUT2D eigenvalue weighted by Crippen LogP contribution is -2.43. The number of aromatic nitrogens is 2. The number of nitrogens with one attached hydrogen (secondary N) is 1. The van der Waals surface area contributed by atoms with E-state index in [1.54, 1.807) is 10.9 Å². The van der Waals surface area contributed by atoms with Crippen LogP contribution in [0.2, 0.25) is 0 Å². The second kappa shape index (κ2) is 6.62. The number of hydrogen-bond donors (Lipinski definition) is 1. The summed E-state index contributed by atoms with van der Waals surface area (Å²) >= 11 is 2.01. The molecule has 0 aliphatic carbocycles. The van der Waals surface area contributed by atoms with Gasteiger partial charge in [0, 0.05) is 23.2 Å². The van der Waals surface area contributed by atoms with Gasteiger partial charge in [0.05, 0.1) is 18.1 Å². The minimum absolute atomic E-state index is 0.000214. The van der Waals surface area contributed by atoms with Gasteiger partial charge in [-0.2, -0.15) is 16.9 Å². The van der Waals surface area contributed by atoms with Crippen molar-refractivity contribution in [3.8, 4) is 0 Å². The standard InChI is InChI=1S/C16H21N3OS/c1-12(18-14-6-4-8-21-11-14)10-19-16(20)15-7-3-2-5-13(15)9-17-19/h2-3,5,7,9,12,14,18H,4,6,8,10-11H2,1H3/t12-,14-/m1/s1. The predicted molar refractivity (Wildman–Crippen MR) is 88.9 cm³/mol. The van der Waals surface area contributed by atoms with Crippen LogP contribution in [0.25, 0.3) is 10.8 Å². The Morgan fingerprint density at radius 3 is 3.14 bits per heavy atom. The fraction of sp³-hybridized carbons (Fsp3) is 0.500. The quantitative estimate of drug-likeness (QED) is 0.941. The van der Waals surface area contributed by atoms with Gasteiger partial charge in [0.1, 0.15) is 0 Å². The van der Waals surface area contributed by atoms with Crippen molar-refractivity contribution in [2.24, 2.45) is 0 Å². The minimum atomic E-state index is -0.000214. The molecule has 1 fully saturated rings. The molecule has 1 aromatic carbocycles. The Kier molecular flexibility index (Phi) is 4.60. The van der Waals surface area contributed by atoms with Gasteiger partial charge in [0.2, 0.25) is 0 Å². The molecule has 1 saturated heterocycles. The molecule has 0 saturated carbocycles. The molecule has 0 radical (unpaired) electrons. The molecular weight excluding hydrogens is 282 g/mol. The monoisotopic (exact) mass is 303 g/mol. The summed E-state index contributed by atoms with van der Waals surface area (Å²) in [5.74, 6) is 2.45. The van der Waals surface area contributed by atoms with Crippen LogP contribution in [0.5, 0.6) is 0 Å². The molecule has 2 heterocycles. The van der Waals surface area contributed by atoms with Crippen molar-refractivity contribution in [2.75, 3.05) is 11.5 Å². The van der Waals surface area contributed by atoms with Crippen LogP contribution in [0.4, 0.5) is 0 Å². The van der Waals surface area contributed by atoms with Crippen LogP contribution in [-0.2, 0) is 6.54 Å². The molecule has 1 aliphatic rings. The highest BCUT2D eigenvalue weighted by Gasteiger charge is 2.16. The third-order valence-electron chi connectivity index (χ3n) is 3.89. The molecule has 1 N–H and O–H groups in total. The fourth-order valence-corrected chi connectivity index (χ4v) is 3.93. The SMILES string of the molecule is C[C@H](Cn1ncc2ccccc2c1=O)N[C@@H]1CCCSC1. The fourth-order valence-electron chi connectivity index (χ4n) is 2.84. The van der Waals surface area contributed by atoms with Crippen LogP contribution in [0.3, 0.4) is 0 Å². The third-order valence-corrected chi connectivity index (χ3v) is 5.10. The maximum absolute atomic E-state index is 12.4. The summed E-state index contributed by atoms with van der Waals surface area (Å²) in [6, 6.07) is 8.43. The largest absolute Gasteiger partial charge is 0.309 e. The van der Waals surface area contributed by atoms with Crippen LogP contribution in [0.1, 0.15) is 19.8 Å². The molecule has 0 spiro atoms. The average molecular weight is 303 g/mol. The maximum Gasteiger partial charge on any atom is 0.274 e. The van der Waals surface area contributed by atoms with Gasteiger partial charge in [-0.25, -0.2) is 4.68 Å². The summed E-state index contributed by atoms with van der Waals surface area (Å²) in [5.41, 5.74) is -0.000214. The summed E-state index contributed by atoms with van der Waals surface area (Å²) in [5, 5.41) is 9.57. The Bertz CT molecular complexity index is 664. The number of thioether (sulfide) groups is 1. The Morgan fingerprint density at radius 1 is 1.48 bits per heavy atom. The Labute approximate surface area is 128 Å². The zero-order chi connectivity index (χ0) is 14.7. The second-order valence-electron chi connectivity index (χ2n) is 5.70. The van der Waals surface area contributed by atoms with Crippen LogP contribution in [0.15, 0.2) is 35.3 Å². The first-order valence-corrected chi connectivity index (χ1v) is 8.68. The lowest BCUT2D eigenvalue weighted by Gasteiger charge is -2.26. The summed E-state index contributed by atoms with van der Waals surface area (Å²) in [6.07, 6.45) is 4.29. The summed E-state index contributed by atoms with van der Waals surface area (Å²) in [7, 11) is 0. The zero-order valence-electron chi connectivity index (χ0n) is 12.3. The number of hydrogen-bond acceptors (Lipinski definition) is 4. The van der Waals surface area contributed by atoms with E-state index in [1.807, 2.05) is 36.0 Å². The van der Waals surface area contributed by atoms with Crippen molar-refractivity contribution < 1.29 is 0 Å². The summed E-state index contributed by atoms with van der Waals surface area (Å²) in [4.78, 5) is 12.4. The van der Waals surface area contributed by atoms with Gasteiger partial charge in [-0.05, 0) is 31.6 Å². The number of benzene rings is 1. The lowest BCUT2D eigenvalue weighted by molar-refractivity contribution is 0.387. The van der Waals surface area contributed by atoms with E-state index in [9.17, 15) is 4.79 Å². The van der Waals surface area contributed by atoms with E-state index >= 15 is 0 Å². The highest BCUT2D eigenvalue weighted by Crippen LogP contribution is 2.17. The van der Waals surface area contributed by atoms with Crippen LogP contribution < -0.4 is 10.9 Å². The van der Waals surface area contributed by atoms with E-state index in [2.05, 4.69) is 17.3 Å². The minimum Gasteiger partial charge on any atom is -0.309 e. The third kappa shape index (κ3) is 3.47. The second-order valence-corrected chi connectivity index (χ2v) is 6.85. The average Bonchev–Trinajstić information content (AvgIpc) is 2.51. The van der Waals surface area contributed by atoms with Crippen LogP contribution >= 0.6 is 11.8 Å². The number of nitrogens with zero attached hydrogens (tertiary/aromatic N) is 2. The van der Waals surface area contributed by atoms with Gasteiger partial charge < -0.3 is 5.32 Å². The zero-order valence-corrected chi connectivity index (χ0v) is 13.1. The van der Waals surface area contributed by atoms with Gasteiger partial charge in [-0.1, -0.05) is 18.2 Å². The van der Waals surface area contributed by atoms with Gasteiger partial charge >= 0.3 is 0 Å². The van der Waals surface area contributed by atoms with Crippen molar-refractivity contribution in [1.82, 2.24) is 15.1 Å². The van der Waals surface area contributed by atoms with Gasteiger partial charge in [-0.15, -0.1) is 0 Å². The summed E-state index contributed by atoms with van der Waals surface area (Å²) in [6.45, 7) is 2.74. The Hall–Kier alpha value is -1.33. The molecule has 4 nitrogen and oxygen atoms in total. The molecule has 21 heavy (non-hydrogen) atoms. The van der Waals surface area contributed by atoms with Crippen molar-refractivity contribution in [1.29, 1.82) is 0 Å². The first-order valence-electron chi connectivity index (χ1n) is 7.52. The molecule has 2 aromatic rings. The number of rotatable bonds is 4. The Balaban J connectivity index is 1.72. The van der Waals surface area contributed by atoms with Crippen molar-refractivity contribution in [3.05, 3.63) is 40.8 Å². The van der Waals surface area contributed by atoms with Gasteiger partial charge in [0.25, 0.3) is 5.56 Å². The molecule has 1 aromatic heterocycles. The summed E-state index contributed by atoms with van der Waals surface area (Å²) < 4.78 is 1.58. The Morgan fingerprint density at radius 2 is 2.33 bits per heavy atom. The predicted octanol–water partition coefficient (Wildman–Crippen LogP) is 2.27. The highest BCUT2D eigenvalue weighted by atomic mass is 32.2. The van der Waals surface area contributed by atoms with E-state index in [0.29, 0.717) is 12.6 Å². The maximum atomic E-state index is 12.4. The van der Waals surface area contributed by atoms with Crippen LogP contribution in [-0.4, -0.2) is 33.4 Å². The van der Waals surface area contributed by atoms with Crippen LogP contribution in [0, 0.1) is 0 Å². The highest BCUT2D eigenvalue weighted by molar-refractivity contribution is 7.99. The van der Waals surface area contributed by atoms with Crippen molar-refractivity contribution in [3.63, 3.8) is 0 Å². The normalized spacial score (nSPS) is 20.5. The molecule has 2 atom stereocenters. The van der Waals surface area contributed by atoms with E-state index in [4.69, 9.17) is 0 Å². The number of fused-ring (bicyclic) bond motifs is 1. The van der Waals surface area contributed by atoms with Gasteiger partial charge in [-0.3, -0.25) is 4.79 Å². The van der Waals surface area contributed by atoms with Crippen molar-refractivity contribution in [2.45, 2.75) is 38.4 Å². The van der Waals surface area contributed by atoms with E-state index < -0.39 is 0 Å². The first-order chi connectivity index (χ1) is 10.2. The molecule has 1 aliphatic heterocycles. The molecule has 0 bridgehead atoms. The lowest BCUT2D eigenvalue weighted by atomic mass is 10.1. The molecule has 112 valence electrons. The molecule has 5 heteroatoms. The van der Waals surface area contributed by atoms with Gasteiger partial charge in [0.15, 0.2) is 0 Å². The first kappa shape index (κ1) is 14.6. The molecule has 0 unspecified atom stereocenters. The van der Waals surface area contributed by atoms with E-state index in [0.717, 1.165) is 10.8 Å². The van der Waals surface area contributed by atoms with E-state index in [-0.39, 0.29) is 11.6 Å². The topological polar surface area (TPSA) is 46.9 Å². The molecular formula is C16H21N3OS. The van der Waals surface area contributed by atoms with Crippen molar-refractivity contribution >= 4 is 22.5 Å². The molecule has 3 rings (SSSR count). The van der Waals surface area contributed by atoms with E-state index in [1.165, 1.54) is 24.3 Å².